The Bertz CT molecular complexity index is 1090. The van der Waals surface area contributed by atoms with Crippen LogP contribution in [0.5, 0.6) is 5.75 Å². The van der Waals surface area contributed by atoms with Gasteiger partial charge in [-0.3, -0.25) is 14.6 Å². The van der Waals surface area contributed by atoms with Gasteiger partial charge in [-0.1, -0.05) is 12.1 Å². The van der Waals surface area contributed by atoms with Crippen LogP contribution in [0, 0.1) is 0 Å². The molecule has 0 spiro atoms. The number of H-pyrrole nitrogens is 1. The normalized spacial score (nSPS) is 11.1. The topological polar surface area (TPSA) is 113 Å². The van der Waals surface area contributed by atoms with Crippen molar-refractivity contribution in [1.29, 1.82) is 0 Å². The lowest BCUT2D eigenvalue weighted by molar-refractivity contribution is 0.102. The molecule has 1 heterocycles. The fraction of sp³-hybridized carbons (Fsp3) is 0.200. The number of hydrogen-bond donors (Lipinski definition) is 3. The molecule has 9 heteroatoms. The van der Waals surface area contributed by atoms with E-state index in [0.717, 1.165) is 29.7 Å². The second-order valence-electron chi connectivity index (χ2n) is 6.53. The predicted molar refractivity (Wildman–Crippen MR) is 112 cm³/mol. The van der Waals surface area contributed by atoms with Gasteiger partial charge in [0.2, 0.25) is 10.0 Å². The zero-order valence-corrected chi connectivity index (χ0v) is 16.9. The number of methoxy groups -OCH3 is 1. The third-order valence-electron chi connectivity index (χ3n) is 4.13. The molecule has 29 heavy (non-hydrogen) atoms. The van der Waals surface area contributed by atoms with Crippen LogP contribution in [0.4, 0.5) is 11.5 Å². The second-order valence-corrected chi connectivity index (χ2v) is 8.28. The summed E-state index contributed by atoms with van der Waals surface area (Å²) in [6.07, 6.45) is 2.58. The Morgan fingerprint density at radius 3 is 2.55 bits per heavy atom. The lowest BCUT2D eigenvalue weighted by atomic mass is 10.1. The van der Waals surface area contributed by atoms with E-state index < -0.39 is 10.0 Å². The summed E-state index contributed by atoms with van der Waals surface area (Å²) >= 11 is 0. The molecule has 3 aromatic rings. The lowest BCUT2D eigenvalue weighted by Crippen LogP contribution is -2.13. The number of hydrogen-bond acceptors (Lipinski definition) is 5. The number of carbonyl (C=O) groups excluding carboxylic acids is 1. The smallest absolute Gasteiger partial charge is 0.256 e. The Hall–Kier alpha value is -3.33. The first-order chi connectivity index (χ1) is 13.8. The lowest BCUT2D eigenvalue weighted by Gasteiger charge is -2.05. The molecule has 0 aliphatic carbocycles. The summed E-state index contributed by atoms with van der Waals surface area (Å²) in [6, 6.07) is 15.8. The Balaban J connectivity index is 1.57. The van der Waals surface area contributed by atoms with Crippen LogP contribution in [0.15, 0.2) is 54.6 Å². The molecule has 0 saturated carbocycles. The van der Waals surface area contributed by atoms with Gasteiger partial charge in [0.05, 0.1) is 19.1 Å². The summed E-state index contributed by atoms with van der Waals surface area (Å²) in [6.45, 7) is 0. The molecule has 152 valence electrons. The van der Waals surface area contributed by atoms with E-state index in [1.807, 2.05) is 24.3 Å². The summed E-state index contributed by atoms with van der Waals surface area (Å²) in [4.78, 5) is 12.4. The predicted octanol–water partition coefficient (Wildman–Crippen LogP) is 2.83. The van der Waals surface area contributed by atoms with Gasteiger partial charge in [0.15, 0.2) is 0 Å². The maximum absolute atomic E-state index is 12.4. The van der Waals surface area contributed by atoms with Crippen LogP contribution >= 0.6 is 0 Å². The number of nitrogens with one attached hydrogen (secondary N) is 3. The molecule has 0 radical (unpaired) electrons. The average Bonchev–Trinajstić information content (AvgIpc) is 3.13. The Morgan fingerprint density at radius 1 is 1.10 bits per heavy atom. The van der Waals surface area contributed by atoms with E-state index in [-0.39, 0.29) is 5.91 Å². The number of benzene rings is 2. The van der Waals surface area contributed by atoms with Crippen molar-refractivity contribution in [2.45, 2.75) is 12.8 Å². The van der Waals surface area contributed by atoms with Crippen molar-refractivity contribution in [3.8, 4) is 5.75 Å². The molecule has 0 saturated heterocycles. The van der Waals surface area contributed by atoms with Gasteiger partial charge in [0.1, 0.15) is 11.6 Å². The largest absolute Gasteiger partial charge is 0.497 e. The summed E-state index contributed by atoms with van der Waals surface area (Å²) in [5.74, 6) is 0.989. The van der Waals surface area contributed by atoms with Gasteiger partial charge < -0.3 is 10.1 Å². The van der Waals surface area contributed by atoms with E-state index in [4.69, 9.17) is 4.74 Å². The minimum absolute atomic E-state index is 0.320. The van der Waals surface area contributed by atoms with E-state index in [1.165, 1.54) is 12.1 Å². The standard InChI is InChI=1S/C20H22N4O4S/c1-28-18-5-3-4-14(12-18)6-9-17-13-19(23-22-17)21-20(25)15-7-10-16(11-8-15)24-29(2,26)27/h3-5,7-8,10-13,24H,6,9H2,1-2H3,(H2,21,22,23,25). The Morgan fingerprint density at radius 2 is 1.86 bits per heavy atom. The summed E-state index contributed by atoms with van der Waals surface area (Å²) in [7, 11) is -1.72. The number of aromatic nitrogens is 2. The molecule has 2 aromatic carbocycles. The molecular formula is C20H22N4O4S. The molecule has 3 N–H and O–H groups in total. The first-order valence-electron chi connectivity index (χ1n) is 8.89. The van der Waals surface area contributed by atoms with Gasteiger partial charge in [-0.25, -0.2) is 8.42 Å². The van der Waals surface area contributed by atoms with E-state index in [0.29, 0.717) is 23.5 Å². The van der Waals surface area contributed by atoms with E-state index >= 15 is 0 Å². The van der Waals surface area contributed by atoms with Gasteiger partial charge in [0.25, 0.3) is 5.91 Å². The minimum atomic E-state index is -3.36. The molecule has 0 fully saturated rings. The quantitative estimate of drug-likeness (QED) is 0.525. The van der Waals surface area contributed by atoms with Crippen LogP contribution in [0.25, 0.3) is 0 Å². The van der Waals surface area contributed by atoms with Gasteiger partial charge in [0, 0.05) is 17.3 Å². The van der Waals surface area contributed by atoms with Crippen LogP contribution in [0.3, 0.4) is 0 Å². The van der Waals surface area contributed by atoms with Crippen LogP contribution in [-0.4, -0.2) is 37.9 Å². The molecular weight excluding hydrogens is 392 g/mol. The van der Waals surface area contributed by atoms with Crippen LogP contribution in [0.2, 0.25) is 0 Å². The molecule has 1 aromatic heterocycles. The number of amides is 1. The molecule has 0 bridgehead atoms. The van der Waals surface area contributed by atoms with E-state index in [9.17, 15) is 13.2 Å². The number of sulfonamides is 1. The van der Waals surface area contributed by atoms with Crippen LogP contribution < -0.4 is 14.8 Å². The number of aromatic amines is 1. The highest BCUT2D eigenvalue weighted by Crippen LogP contribution is 2.16. The Kier molecular flexibility index (Phi) is 6.18. The highest BCUT2D eigenvalue weighted by Gasteiger charge is 2.10. The summed E-state index contributed by atoms with van der Waals surface area (Å²) in [5, 5.41) is 9.78. The second kappa shape index (κ2) is 8.78. The third kappa shape index (κ3) is 6.08. The monoisotopic (exact) mass is 414 g/mol. The van der Waals surface area contributed by atoms with Gasteiger partial charge in [-0.05, 0) is 54.8 Å². The van der Waals surface area contributed by atoms with Crippen LogP contribution in [-0.2, 0) is 22.9 Å². The van der Waals surface area contributed by atoms with Crippen molar-refractivity contribution in [3.05, 3.63) is 71.4 Å². The molecule has 8 nitrogen and oxygen atoms in total. The first-order valence-corrected chi connectivity index (χ1v) is 10.8. The maximum Gasteiger partial charge on any atom is 0.256 e. The molecule has 0 atom stereocenters. The highest BCUT2D eigenvalue weighted by molar-refractivity contribution is 7.92. The fourth-order valence-electron chi connectivity index (χ4n) is 2.75. The number of ether oxygens (including phenoxy) is 1. The third-order valence-corrected chi connectivity index (χ3v) is 4.74. The average molecular weight is 414 g/mol. The molecule has 3 rings (SSSR count). The zero-order chi connectivity index (χ0) is 20.9. The van der Waals surface area contributed by atoms with E-state index in [1.54, 1.807) is 25.3 Å². The summed E-state index contributed by atoms with van der Waals surface area (Å²) < 4.78 is 30.0. The molecule has 0 aliphatic rings. The Labute approximate surface area is 169 Å². The van der Waals surface area contributed by atoms with Crippen molar-refractivity contribution < 1.29 is 17.9 Å². The van der Waals surface area contributed by atoms with Crippen molar-refractivity contribution in [1.82, 2.24) is 10.2 Å². The molecule has 1 amide bonds. The number of carbonyl (C=O) groups is 1. The van der Waals surface area contributed by atoms with Gasteiger partial charge in [-0.15, -0.1) is 0 Å². The van der Waals surface area contributed by atoms with Gasteiger partial charge >= 0.3 is 0 Å². The summed E-state index contributed by atoms with van der Waals surface area (Å²) in [5.41, 5.74) is 2.76. The van der Waals surface area contributed by atoms with Crippen molar-refractivity contribution in [2.75, 3.05) is 23.4 Å². The minimum Gasteiger partial charge on any atom is -0.497 e. The number of anilines is 2. The van der Waals surface area contributed by atoms with E-state index in [2.05, 4.69) is 20.2 Å². The maximum atomic E-state index is 12.4. The van der Waals surface area contributed by atoms with Crippen LogP contribution in [0.1, 0.15) is 21.6 Å². The molecule has 0 unspecified atom stereocenters. The number of rotatable bonds is 8. The number of nitrogens with zero attached hydrogens (tertiary/aromatic N) is 1. The van der Waals surface area contributed by atoms with Crippen molar-refractivity contribution in [3.63, 3.8) is 0 Å². The first kappa shape index (κ1) is 20.4. The SMILES string of the molecule is COc1cccc(CCc2cc(NC(=O)c3ccc(NS(C)(=O)=O)cc3)[nH]n2)c1. The van der Waals surface area contributed by atoms with Crippen molar-refractivity contribution in [2.24, 2.45) is 0 Å². The number of aryl methyl sites for hydroxylation is 2. The fourth-order valence-corrected chi connectivity index (χ4v) is 3.32. The zero-order valence-electron chi connectivity index (χ0n) is 16.1. The van der Waals surface area contributed by atoms with Crippen molar-refractivity contribution >= 4 is 27.4 Å². The highest BCUT2D eigenvalue weighted by atomic mass is 32.2. The molecule has 0 aliphatic heterocycles. The van der Waals surface area contributed by atoms with Gasteiger partial charge in [-0.2, -0.15) is 5.10 Å².